The molecule has 1 aliphatic rings. The first-order chi connectivity index (χ1) is 10.7. The van der Waals surface area contributed by atoms with Gasteiger partial charge in [-0.05, 0) is 31.2 Å². The number of benzene rings is 2. The van der Waals surface area contributed by atoms with E-state index in [1.807, 2.05) is 61.5 Å². The van der Waals surface area contributed by atoms with Crippen molar-refractivity contribution in [1.82, 2.24) is 0 Å². The number of methoxy groups -OCH3 is 1. The molecule has 0 fully saturated rings. The molecule has 4 nitrogen and oxygen atoms in total. The number of amidine groups is 1. The van der Waals surface area contributed by atoms with Crippen LogP contribution in [-0.2, 0) is 4.79 Å². The molecule has 1 heterocycles. The van der Waals surface area contributed by atoms with Gasteiger partial charge in [0.2, 0.25) is 0 Å². The molecular weight excluding hydrogens is 276 g/mol. The Hall–Kier alpha value is -2.88. The Labute approximate surface area is 129 Å². The summed E-state index contributed by atoms with van der Waals surface area (Å²) in [6.45, 7) is 1.83. The molecule has 0 spiro atoms. The molecule has 0 N–H and O–H groups in total. The van der Waals surface area contributed by atoms with Gasteiger partial charge < -0.3 is 4.74 Å². The van der Waals surface area contributed by atoms with E-state index >= 15 is 0 Å². The fourth-order valence-electron chi connectivity index (χ4n) is 2.44. The molecule has 3 rings (SSSR count). The summed E-state index contributed by atoms with van der Waals surface area (Å²) in [5, 5.41) is 0. The highest BCUT2D eigenvalue weighted by Crippen LogP contribution is 2.27. The summed E-state index contributed by atoms with van der Waals surface area (Å²) >= 11 is 0. The van der Waals surface area contributed by atoms with Crippen molar-refractivity contribution in [2.75, 3.05) is 12.0 Å². The van der Waals surface area contributed by atoms with Gasteiger partial charge in [0.25, 0.3) is 5.91 Å². The molecule has 2 aromatic rings. The highest BCUT2D eigenvalue weighted by atomic mass is 16.5. The summed E-state index contributed by atoms with van der Waals surface area (Å²) in [4.78, 5) is 18.6. The highest BCUT2D eigenvalue weighted by Gasteiger charge is 2.28. The largest absolute Gasteiger partial charge is 0.496 e. The standard InChI is InChI=1S/C18H16N2O2/c1-13-19-16(12-14-8-6-7-11-17(14)22-2)18(21)20(13)15-9-4-3-5-10-15/h3-12H,1-2H3. The fraction of sp³-hybridized carbons (Fsp3) is 0.111. The van der Waals surface area contributed by atoms with Crippen LogP contribution in [0.15, 0.2) is 65.3 Å². The molecule has 110 valence electrons. The Kier molecular flexibility index (Phi) is 3.74. The van der Waals surface area contributed by atoms with Crippen molar-refractivity contribution in [2.45, 2.75) is 6.92 Å². The fourth-order valence-corrected chi connectivity index (χ4v) is 2.44. The maximum atomic E-state index is 12.6. The Morgan fingerprint density at radius 1 is 1.05 bits per heavy atom. The Balaban J connectivity index is 1.98. The predicted octanol–water partition coefficient (Wildman–Crippen LogP) is 3.50. The van der Waals surface area contributed by atoms with Crippen molar-refractivity contribution in [3.63, 3.8) is 0 Å². The molecule has 0 saturated heterocycles. The molecule has 0 bridgehead atoms. The highest BCUT2D eigenvalue weighted by molar-refractivity contribution is 6.28. The number of rotatable bonds is 3. The van der Waals surface area contributed by atoms with Gasteiger partial charge in [-0.2, -0.15) is 0 Å². The molecule has 0 unspecified atom stereocenters. The van der Waals surface area contributed by atoms with Gasteiger partial charge in [0, 0.05) is 5.56 Å². The third-order valence-electron chi connectivity index (χ3n) is 3.47. The summed E-state index contributed by atoms with van der Waals surface area (Å²) in [5.74, 6) is 1.25. The summed E-state index contributed by atoms with van der Waals surface area (Å²) in [6.07, 6.45) is 1.76. The molecule has 2 aromatic carbocycles. The minimum atomic E-state index is -0.130. The van der Waals surface area contributed by atoms with Crippen LogP contribution >= 0.6 is 0 Å². The van der Waals surface area contributed by atoms with E-state index in [4.69, 9.17) is 4.74 Å². The van der Waals surface area contributed by atoms with E-state index in [-0.39, 0.29) is 5.91 Å². The van der Waals surface area contributed by atoms with Crippen molar-refractivity contribution in [2.24, 2.45) is 4.99 Å². The van der Waals surface area contributed by atoms with Crippen LogP contribution < -0.4 is 9.64 Å². The number of para-hydroxylation sites is 2. The maximum absolute atomic E-state index is 12.6. The minimum Gasteiger partial charge on any atom is -0.496 e. The van der Waals surface area contributed by atoms with Crippen molar-refractivity contribution in [3.05, 3.63) is 65.9 Å². The lowest BCUT2D eigenvalue weighted by Crippen LogP contribution is -2.30. The van der Waals surface area contributed by atoms with Crippen LogP contribution in [-0.4, -0.2) is 18.9 Å². The Morgan fingerprint density at radius 3 is 2.45 bits per heavy atom. The summed E-state index contributed by atoms with van der Waals surface area (Å²) in [7, 11) is 1.61. The zero-order valence-corrected chi connectivity index (χ0v) is 12.5. The van der Waals surface area contributed by atoms with Gasteiger partial charge in [0.1, 0.15) is 17.3 Å². The SMILES string of the molecule is COc1ccccc1C=C1N=C(C)N(c2ccccc2)C1=O. The lowest BCUT2D eigenvalue weighted by atomic mass is 10.1. The molecular formula is C18H16N2O2. The van der Waals surface area contributed by atoms with Gasteiger partial charge in [-0.15, -0.1) is 0 Å². The average molecular weight is 292 g/mol. The number of hydrogen-bond acceptors (Lipinski definition) is 3. The second kappa shape index (κ2) is 5.85. The monoisotopic (exact) mass is 292 g/mol. The molecule has 0 atom stereocenters. The summed E-state index contributed by atoms with van der Waals surface area (Å²) in [6, 6.07) is 17.1. The van der Waals surface area contributed by atoms with Crippen LogP contribution in [0.2, 0.25) is 0 Å². The zero-order valence-electron chi connectivity index (χ0n) is 12.5. The van der Waals surface area contributed by atoms with E-state index in [9.17, 15) is 4.79 Å². The third-order valence-corrected chi connectivity index (χ3v) is 3.47. The molecule has 0 radical (unpaired) electrons. The molecule has 22 heavy (non-hydrogen) atoms. The first-order valence-electron chi connectivity index (χ1n) is 7.00. The van der Waals surface area contributed by atoms with Crippen LogP contribution in [0.1, 0.15) is 12.5 Å². The number of carbonyl (C=O) groups is 1. The quantitative estimate of drug-likeness (QED) is 0.812. The Bertz CT molecular complexity index is 764. The molecule has 0 saturated carbocycles. The normalized spacial score (nSPS) is 16.1. The van der Waals surface area contributed by atoms with E-state index in [2.05, 4.69) is 4.99 Å². The lowest BCUT2D eigenvalue weighted by molar-refractivity contribution is -0.113. The van der Waals surface area contributed by atoms with Crippen molar-refractivity contribution in [1.29, 1.82) is 0 Å². The van der Waals surface area contributed by atoms with E-state index in [0.717, 1.165) is 11.3 Å². The van der Waals surface area contributed by atoms with E-state index in [1.165, 1.54) is 0 Å². The minimum absolute atomic E-state index is 0.130. The van der Waals surface area contributed by atoms with Crippen molar-refractivity contribution >= 4 is 23.5 Å². The molecule has 0 aliphatic carbocycles. The van der Waals surface area contributed by atoms with Crippen molar-refractivity contribution in [3.8, 4) is 5.75 Å². The van der Waals surface area contributed by atoms with Gasteiger partial charge in [-0.25, -0.2) is 4.99 Å². The average Bonchev–Trinajstić information content (AvgIpc) is 2.83. The smallest absolute Gasteiger partial charge is 0.282 e. The predicted molar refractivity (Wildman–Crippen MR) is 88.0 cm³/mol. The zero-order chi connectivity index (χ0) is 15.5. The third kappa shape index (κ3) is 2.51. The van der Waals surface area contributed by atoms with Gasteiger partial charge in [0.05, 0.1) is 12.8 Å². The maximum Gasteiger partial charge on any atom is 0.282 e. The van der Waals surface area contributed by atoms with Crippen molar-refractivity contribution < 1.29 is 9.53 Å². The number of nitrogens with zero attached hydrogens (tertiary/aromatic N) is 2. The van der Waals surface area contributed by atoms with Crippen LogP contribution in [0.4, 0.5) is 5.69 Å². The van der Waals surface area contributed by atoms with Gasteiger partial charge in [-0.3, -0.25) is 9.69 Å². The second-order valence-electron chi connectivity index (χ2n) is 4.91. The van der Waals surface area contributed by atoms with Gasteiger partial charge in [-0.1, -0.05) is 36.4 Å². The summed E-state index contributed by atoms with van der Waals surface area (Å²) < 4.78 is 5.31. The van der Waals surface area contributed by atoms with Crippen LogP contribution in [0, 0.1) is 0 Å². The topological polar surface area (TPSA) is 41.9 Å². The van der Waals surface area contributed by atoms with Crippen LogP contribution in [0.25, 0.3) is 6.08 Å². The molecule has 4 heteroatoms. The van der Waals surface area contributed by atoms with E-state index in [1.54, 1.807) is 18.1 Å². The molecule has 0 aromatic heterocycles. The van der Waals surface area contributed by atoms with Crippen LogP contribution in [0.3, 0.4) is 0 Å². The number of aliphatic imine (C=N–C) groups is 1. The number of ether oxygens (including phenoxy) is 1. The number of hydrogen-bond donors (Lipinski definition) is 0. The summed E-state index contributed by atoms with van der Waals surface area (Å²) in [5.41, 5.74) is 2.06. The van der Waals surface area contributed by atoms with Gasteiger partial charge >= 0.3 is 0 Å². The number of carbonyl (C=O) groups excluding carboxylic acids is 1. The second-order valence-corrected chi connectivity index (χ2v) is 4.91. The number of anilines is 1. The molecule has 1 aliphatic heterocycles. The van der Waals surface area contributed by atoms with Gasteiger partial charge in [0.15, 0.2) is 0 Å². The first-order valence-corrected chi connectivity index (χ1v) is 7.00. The van der Waals surface area contributed by atoms with E-state index < -0.39 is 0 Å². The number of amides is 1. The van der Waals surface area contributed by atoms with Crippen LogP contribution in [0.5, 0.6) is 5.75 Å². The Morgan fingerprint density at radius 2 is 1.73 bits per heavy atom. The molecule has 1 amide bonds. The van der Waals surface area contributed by atoms with E-state index in [0.29, 0.717) is 17.3 Å². The first kappa shape index (κ1) is 14.1. The lowest BCUT2D eigenvalue weighted by Gasteiger charge is -2.15.